The van der Waals surface area contributed by atoms with Crippen LogP contribution >= 0.6 is 0 Å². The molecule has 1 aromatic rings. The SMILES string of the molecule is COc1ccc(C(N)C(=O)N(C)N)cc1. The molecule has 4 N–H and O–H groups in total. The molecule has 1 atom stereocenters. The fourth-order valence-electron chi connectivity index (χ4n) is 1.17. The van der Waals surface area contributed by atoms with Gasteiger partial charge in [0.1, 0.15) is 11.8 Å². The Bertz CT molecular complexity index is 335. The number of methoxy groups -OCH3 is 1. The second kappa shape index (κ2) is 4.77. The predicted molar refractivity (Wildman–Crippen MR) is 56.9 cm³/mol. The normalized spacial score (nSPS) is 12.0. The minimum Gasteiger partial charge on any atom is -0.497 e. The van der Waals surface area contributed by atoms with E-state index in [9.17, 15) is 4.79 Å². The molecular weight excluding hydrogens is 194 g/mol. The Balaban J connectivity index is 2.82. The Morgan fingerprint density at radius 1 is 1.40 bits per heavy atom. The smallest absolute Gasteiger partial charge is 0.257 e. The molecule has 0 spiro atoms. The molecule has 0 saturated heterocycles. The van der Waals surface area contributed by atoms with E-state index in [1.165, 1.54) is 7.05 Å². The molecule has 0 aliphatic heterocycles. The second-order valence-electron chi connectivity index (χ2n) is 3.20. The van der Waals surface area contributed by atoms with Gasteiger partial charge < -0.3 is 10.5 Å². The number of nitrogens with zero attached hydrogens (tertiary/aromatic N) is 1. The molecule has 1 unspecified atom stereocenters. The quantitative estimate of drug-likeness (QED) is 0.418. The molecule has 0 radical (unpaired) electrons. The van der Waals surface area contributed by atoms with Crippen molar-refractivity contribution in [1.82, 2.24) is 5.01 Å². The van der Waals surface area contributed by atoms with Gasteiger partial charge in [-0.3, -0.25) is 9.80 Å². The average molecular weight is 209 g/mol. The molecule has 1 aromatic carbocycles. The zero-order chi connectivity index (χ0) is 11.4. The predicted octanol–water partition coefficient (Wildman–Crippen LogP) is 0.0271. The average Bonchev–Trinajstić information content (AvgIpc) is 2.27. The van der Waals surface area contributed by atoms with Crippen molar-refractivity contribution in [3.8, 4) is 5.75 Å². The Hall–Kier alpha value is -1.59. The minimum absolute atomic E-state index is 0.333. The highest BCUT2D eigenvalue weighted by Crippen LogP contribution is 2.16. The molecule has 1 rings (SSSR count). The number of likely N-dealkylation sites (N-methyl/N-ethyl adjacent to an activating group) is 1. The lowest BCUT2D eigenvalue weighted by Gasteiger charge is -2.16. The second-order valence-corrected chi connectivity index (χ2v) is 3.20. The summed E-state index contributed by atoms with van der Waals surface area (Å²) in [6.45, 7) is 0. The van der Waals surface area contributed by atoms with E-state index < -0.39 is 6.04 Å². The van der Waals surface area contributed by atoms with Crippen LogP contribution in [0.25, 0.3) is 0 Å². The zero-order valence-electron chi connectivity index (χ0n) is 8.81. The fourth-order valence-corrected chi connectivity index (χ4v) is 1.17. The number of benzene rings is 1. The van der Waals surface area contributed by atoms with E-state index in [0.29, 0.717) is 5.56 Å². The van der Waals surface area contributed by atoms with Gasteiger partial charge in [-0.25, -0.2) is 5.84 Å². The summed E-state index contributed by atoms with van der Waals surface area (Å²) in [7, 11) is 3.04. The van der Waals surface area contributed by atoms with Crippen molar-refractivity contribution in [2.45, 2.75) is 6.04 Å². The summed E-state index contributed by atoms with van der Waals surface area (Å²) in [5.74, 6) is 5.70. The summed E-state index contributed by atoms with van der Waals surface area (Å²) >= 11 is 0. The van der Waals surface area contributed by atoms with Crippen molar-refractivity contribution in [3.63, 3.8) is 0 Å². The van der Waals surface area contributed by atoms with Crippen LogP contribution in [0.5, 0.6) is 5.75 Å². The van der Waals surface area contributed by atoms with Gasteiger partial charge in [-0.1, -0.05) is 12.1 Å². The van der Waals surface area contributed by atoms with Crippen molar-refractivity contribution < 1.29 is 9.53 Å². The monoisotopic (exact) mass is 209 g/mol. The maximum atomic E-state index is 11.4. The van der Waals surface area contributed by atoms with E-state index in [1.54, 1.807) is 31.4 Å². The van der Waals surface area contributed by atoms with Gasteiger partial charge in [-0.05, 0) is 17.7 Å². The van der Waals surface area contributed by atoms with Crippen molar-refractivity contribution >= 4 is 5.91 Å². The third-order valence-corrected chi connectivity index (χ3v) is 2.09. The molecule has 5 nitrogen and oxygen atoms in total. The van der Waals surface area contributed by atoms with E-state index in [1.807, 2.05) is 0 Å². The van der Waals surface area contributed by atoms with Crippen LogP contribution in [-0.2, 0) is 4.79 Å². The van der Waals surface area contributed by atoms with E-state index in [2.05, 4.69) is 0 Å². The molecule has 1 amide bonds. The Morgan fingerprint density at radius 2 is 1.93 bits per heavy atom. The maximum Gasteiger partial charge on any atom is 0.257 e. The van der Waals surface area contributed by atoms with Gasteiger partial charge in [-0.15, -0.1) is 0 Å². The zero-order valence-corrected chi connectivity index (χ0v) is 8.81. The number of hydrogen-bond donors (Lipinski definition) is 2. The van der Waals surface area contributed by atoms with Crippen LogP contribution in [-0.4, -0.2) is 25.1 Å². The van der Waals surface area contributed by atoms with Gasteiger partial charge in [-0.2, -0.15) is 0 Å². The number of carbonyl (C=O) groups is 1. The Kier molecular flexibility index (Phi) is 3.65. The van der Waals surface area contributed by atoms with Gasteiger partial charge in [0.15, 0.2) is 0 Å². The van der Waals surface area contributed by atoms with Gasteiger partial charge >= 0.3 is 0 Å². The number of hydrazine groups is 1. The van der Waals surface area contributed by atoms with Crippen molar-refractivity contribution in [3.05, 3.63) is 29.8 Å². The van der Waals surface area contributed by atoms with Gasteiger partial charge in [0.2, 0.25) is 0 Å². The lowest BCUT2D eigenvalue weighted by molar-refractivity contribution is -0.131. The first-order valence-electron chi connectivity index (χ1n) is 4.48. The number of amides is 1. The molecule has 0 bridgehead atoms. The molecule has 0 aromatic heterocycles. The third-order valence-electron chi connectivity index (χ3n) is 2.09. The van der Waals surface area contributed by atoms with Crippen molar-refractivity contribution in [2.75, 3.05) is 14.2 Å². The highest BCUT2D eigenvalue weighted by Gasteiger charge is 2.17. The molecule has 0 saturated carbocycles. The highest BCUT2D eigenvalue weighted by molar-refractivity contribution is 5.82. The maximum absolute atomic E-state index is 11.4. The van der Waals surface area contributed by atoms with Crippen LogP contribution in [0.2, 0.25) is 0 Å². The Morgan fingerprint density at radius 3 is 2.33 bits per heavy atom. The van der Waals surface area contributed by atoms with Crippen LogP contribution in [0, 0.1) is 0 Å². The number of rotatable bonds is 3. The minimum atomic E-state index is -0.731. The summed E-state index contributed by atoms with van der Waals surface area (Å²) in [5.41, 5.74) is 6.43. The van der Waals surface area contributed by atoms with E-state index in [0.717, 1.165) is 10.8 Å². The summed E-state index contributed by atoms with van der Waals surface area (Å²) in [4.78, 5) is 11.4. The van der Waals surface area contributed by atoms with Crippen LogP contribution in [0.3, 0.4) is 0 Å². The topological polar surface area (TPSA) is 81.6 Å². The van der Waals surface area contributed by atoms with Crippen LogP contribution in [0.1, 0.15) is 11.6 Å². The van der Waals surface area contributed by atoms with Crippen LogP contribution in [0.15, 0.2) is 24.3 Å². The highest BCUT2D eigenvalue weighted by atomic mass is 16.5. The molecule has 5 heteroatoms. The number of ether oxygens (including phenoxy) is 1. The summed E-state index contributed by atoms with van der Waals surface area (Å²) in [6.07, 6.45) is 0. The fraction of sp³-hybridized carbons (Fsp3) is 0.300. The van der Waals surface area contributed by atoms with Crippen LogP contribution in [0.4, 0.5) is 0 Å². The van der Waals surface area contributed by atoms with Crippen LogP contribution < -0.4 is 16.3 Å². The van der Waals surface area contributed by atoms with Crippen molar-refractivity contribution in [2.24, 2.45) is 11.6 Å². The van der Waals surface area contributed by atoms with E-state index in [4.69, 9.17) is 16.3 Å². The molecule has 0 heterocycles. The number of hydrogen-bond acceptors (Lipinski definition) is 4. The largest absolute Gasteiger partial charge is 0.497 e. The molecule has 0 aliphatic carbocycles. The van der Waals surface area contributed by atoms with E-state index in [-0.39, 0.29) is 5.91 Å². The summed E-state index contributed by atoms with van der Waals surface area (Å²) in [5, 5.41) is 0.981. The standard InChI is InChI=1S/C10H15N3O2/c1-13(12)10(14)9(11)7-3-5-8(15-2)6-4-7/h3-6,9H,11-12H2,1-2H3. The summed E-state index contributed by atoms with van der Waals surface area (Å²) in [6, 6.07) is 6.25. The van der Waals surface area contributed by atoms with Crippen molar-refractivity contribution in [1.29, 1.82) is 0 Å². The lowest BCUT2D eigenvalue weighted by Crippen LogP contribution is -2.40. The molecule has 82 valence electrons. The third kappa shape index (κ3) is 2.68. The number of carbonyl (C=O) groups excluding carboxylic acids is 1. The molecular formula is C10H15N3O2. The van der Waals surface area contributed by atoms with Gasteiger partial charge in [0.25, 0.3) is 5.91 Å². The molecule has 0 aliphatic rings. The summed E-state index contributed by atoms with van der Waals surface area (Å²) < 4.78 is 5.00. The van der Waals surface area contributed by atoms with Gasteiger partial charge in [0.05, 0.1) is 7.11 Å². The lowest BCUT2D eigenvalue weighted by atomic mass is 10.1. The van der Waals surface area contributed by atoms with Gasteiger partial charge in [0, 0.05) is 7.05 Å². The number of nitrogens with two attached hydrogens (primary N) is 2. The molecule has 15 heavy (non-hydrogen) atoms. The Labute approximate surface area is 88.6 Å². The molecule has 0 fully saturated rings. The van der Waals surface area contributed by atoms with E-state index >= 15 is 0 Å². The first-order valence-corrected chi connectivity index (χ1v) is 4.48. The first-order chi connectivity index (χ1) is 7.06. The first kappa shape index (κ1) is 11.5.